The van der Waals surface area contributed by atoms with Gasteiger partial charge in [-0.1, -0.05) is 6.92 Å². The van der Waals surface area contributed by atoms with Crippen molar-refractivity contribution in [2.24, 2.45) is 5.92 Å². The van der Waals surface area contributed by atoms with Crippen LogP contribution in [0.25, 0.3) is 0 Å². The number of carbonyl (C=O) groups is 1. The molecule has 9 nitrogen and oxygen atoms in total. The molecule has 0 radical (unpaired) electrons. The van der Waals surface area contributed by atoms with Crippen molar-refractivity contribution in [1.82, 2.24) is 24.2 Å². The molecule has 30 heavy (non-hydrogen) atoms. The number of aryl methyl sites for hydroxylation is 1. The summed E-state index contributed by atoms with van der Waals surface area (Å²) >= 11 is 0. The molecule has 0 saturated carbocycles. The van der Waals surface area contributed by atoms with E-state index in [1.807, 2.05) is 15.3 Å². The number of carbonyl (C=O) groups excluding carboxylic acids is 1. The lowest BCUT2D eigenvalue weighted by atomic mass is 9.83. The van der Waals surface area contributed by atoms with Crippen molar-refractivity contribution in [3.8, 4) is 0 Å². The normalized spacial score (nSPS) is 20.2. The average Bonchev–Trinajstić information content (AvgIpc) is 3.21. The van der Waals surface area contributed by atoms with Crippen LogP contribution in [0.4, 0.5) is 5.95 Å². The zero-order valence-corrected chi connectivity index (χ0v) is 18.0. The minimum atomic E-state index is -0.252. The van der Waals surface area contributed by atoms with Gasteiger partial charge in [0.15, 0.2) is 0 Å². The molecule has 2 aliphatic heterocycles. The summed E-state index contributed by atoms with van der Waals surface area (Å²) in [5.74, 6) is 1.25. The maximum atomic E-state index is 13.2. The maximum absolute atomic E-state index is 13.2. The fourth-order valence-corrected chi connectivity index (χ4v) is 4.68. The van der Waals surface area contributed by atoms with Crippen molar-refractivity contribution < 1.29 is 9.53 Å². The number of ether oxygens (including phenoxy) is 1. The Kier molecular flexibility index (Phi) is 5.90. The summed E-state index contributed by atoms with van der Waals surface area (Å²) in [6.07, 6.45) is 3.68. The van der Waals surface area contributed by atoms with Crippen LogP contribution in [-0.2, 0) is 17.8 Å². The molecule has 0 aromatic carbocycles. The zero-order chi connectivity index (χ0) is 21.3. The van der Waals surface area contributed by atoms with Gasteiger partial charge < -0.3 is 19.1 Å². The summed E-state index contributed by atoms with van der Waals surface area (Å²) in [7, 11) is 3.29. The van der Waals surface area contributed by atoms with Gasteiger partial charge in [0.05, 0.1) is 6.61 Å². The Hall–Kier alpha value is -2.68. The van der Waals surface area contributed by atoms with Crippen LogP contribution in [-0.4, -0.2) is 70.5 Å². The average molecular weight is 415 g/mol. The zero-order valence-electron chi connectivity index (χ0n) is 18.0. The predicted octanol–water partition coefficient (Wildman–Crippen LogP) is 1.19. The first-order chi connectivity index (χ1) is 14.5. The van der Waals surface area contributed by atoms with E-state index in [1.54, 1.807) is 31.5 Å². The number of anilines is 1. The quantitative estimate of drug-likeness (QED) is 0.677. The second kappa shape index (κ2) is 8.59. The van der Waals surface area contributed by atoms with E-state index >= 15 is 0 Å². The fourth-order valence-electron chi connectivity index (χ4n) is 4.68. The number of methoxy groups -OCH3 is 1. The van der Waals surface area contributed by atoms with Gasteiger partial charge in [-0.25, -0.2) is 4.68 Å². The molecule has 2 aromatic rings. The molecule has 2 aliphatic rings. The number of nitrogens with zero attached hydrogens (tertiary/aromatic N) is 6. The molecule has 4 rings (SSSR count). The predicted molar refractivity (Wildman–Crippen MR) is 113 cm³/mol. The van der Waals surface area contributed by atoms with Crippen LogP contribution in [0.5, 0.6) is 0 Å². The SMILES string of the molecule is CCCn1ncnc1N1C[C@@H]2C[C@H](C1)c1ccc(C(=O)N(C)CCOC)c(=O)n1C2. The third kappa shape index (κ3) is 3.74. The smallest absolute Gasteiger partial charge is 0.263 e. The number of fused-ring (bicyclic) bond motifs is 4. The van der Waals surface area contributed by atoms with Crippen molar-refractivity contribution >= 4 is 11.9 Å². The van der Waals surface area contributed by atoms with E-state index in [4.69, 9.17) is 4.74 Å². The summed E-state index contributed by atoms with van der Waals surface area (Å²) in [6, 6.07) is 3.65. The number of hydrogen-bond acceptors (Lipinski definition) is 6. The van der Waals surface area contributed by atoms with Crippen LogP contribution in [0.1, 0.15) is 41.7 Å². The Morgan fingerprint density at radius 3 is 2.90 bits per heavy atom. The number of piperidine rings is 1. The van der Waals surface area contributed by atoms with Gasteiger partial charge in [0, 0.05) is 58.5 Å². The molecular weight excluding hydrogens is 384 g/mol. The molecular formula is C21H30N6O3. The highest BCUT2D eigenvalue weighted by molar-refractivity contribution is 5.93. The summed E-state index contributed by atoms with van der Waals surface area (Å²) in [6.45, 7) is 6.15. The molecule has 4 heterocycles. The second-order valence-electron chi connectivity index (χ2n) is 8.29. The lowest BCUT2D eigenvalue weighted by Gasteiger charge is -2.43. The maximum Gasteiger partial charge on any atom is 0.263 e. The molecule has 2 bridgehead atoms. The fraction of sp³-hybridized carbons (Fsp3) is 0.619. The van der Waals surface area contributed by atoms with Crippen LogP contribution in [0.3, 0.4) is 0 Å². The lowest BCUT2D eigenvalue weighted by Crippen LogP contribution is -2.49. The first-order valence-electron chi connectivity index (χ1n) is 10.6. The molecule has 0 unspecified atom stereocenters. The van der Waals surface area contributed by atoms with E-state index in [9.17, 15) is 9.59 Å². The highest BCUT2D eigenvalue weighted by atomic mass is 16.5. The Labute approximate surface area is 176 Å². The molecule has 9 heteroatoms. The molecule has 0 N–H and O–H groups in total. The van der Waals surface area contributed by atoms with Crippen LogP contribution < -0.4 is 10.5 Å². The van der Waals surface area contributed by atoms with Crippen molar-refractivity contribution in [2.45, 2.75) is 38.8 Å². The van der Waals surface area contributed by atoms with Crippen LogP contribution in [0.15, 0.2) is 23.3 Å². The highest BCUT2D eigenvalue weighted by Gasteiger charge is 2.36. The Morgan fingerprint density at radius 1 is 1.30 bits per heavy atom. The monoisotopic (exact) mass is 414 g/mol. The molecule has 1 amide bonds. The lowest BCUT2D eigenvalue weighted by molar-refractivity contribution is 0.0741. The van der Waals surface area contributed by atoms with E-state index in [0.29, 0.717) is 25.6 Å². The standard InChI is InChI=1S/C21H30N6O3/c1-4-7-27-21(22-14-23-27)25-11-15-10-16(13-25)18-6-5-17(20(29)26(18)12-15)19(28)24(2)8-9-30-3/h5-6,14-16H,4,7-13H2,1-3H3/t15-,16+/m0/s1. The van der Waals surface area contributed by atoms with Gasteiger partial charge in [-0.2, -0.15) is 10.1 Å². The molecule has 2 aromatic heterocycles. The van der Waals surface area contributed by atoms with Gasteiger partial charge in [-0.05, 0) is 30.9 Å². The van der Waals surface area contributed by atoms with Crippen LogP contribution in [0.2, 0.25) is 0 Å². The summed E-state index contributed by atoms with van der Waals surface area (Å²) < 4.78 is 8.83. The topological polar surface area (TPSA) is 85.5 Å². The minimum Gasteiger partial charge on any atom is -0.383 e. The first-order valence-corrected chi connectivity index (χ1v) is 10.6. The Bertz CT molecular complexity index is 968. The van der Waals surface area contributed by atoms with E-state index in [-0.39, 0.29) is 22.9 Å². The number of pyridine rings is 1. The number of aromatic nitrogens is 4. The molecule has 162 valence electrons. The van der Waals surface area contributed by atoms with Crippen molar-refractivity contribution in [3.05, 3.63) is 40.1 Å². The first kappa shape index (κ1) is 20.6. The van der Waals surface area contributed by atoms with Gasteiger partial charge in [0.1, 0.15) is 11.9 Å². The summed E-state index contributed by atoms with van der Waals surface area (Å²) in [5.41, 5.74) is 1.06. The van der Waals surface area contributed by atoms with Crippen LogP contribution >= 0.6 is 0 Å². The van der Waals surface area contributed by atoms with Crippen molar-refractivity contribution in [2.75, 3.05) is 45.3 Å². The molecule has 1 saturated heterocycles. The summed E-state index contributed by atoms with van der Waals surface area (Å²) in [5, 5.41) is 4.36. The van der Waals surface area contributed by atoms with Crippen LogP contribution in [0, 0.1) is 5.92 Å². The van der Waals surface area contributed by atoms with Gasteiger partial charge in [-0.15, -0.1) is 0 Å². The minimum absolute atomic E-state index is 0.181. The van der Waals surface area contributed by atoms with E-state index in [1.165, 1.54) is 0 Å². The van der Waals surface area contributed by atoms with Gasteiger partial charge in [0.25, 0.3) is 11.5 Å². The molecule has 2 atom stereocenters. The Balaban J connectivity index is 1.59. The van der Waals surface area contributed by atoms with E-state index in [0.717, 1.165) is 44.1 Å². The van der Waals surface area contributed by atoms with E-state index < -0.39 is 0 Å². The van der Waals surface area contributed by atoms with Gasteiger partial charge in [-0.3, -0.25) is 9.59 Å². The van der Waals surface area contributed by atoms with Gasteiger partial charge in [0.2, 0.25) is 5.95 Å². The molecule has 1 fully saturated rings. The number of likely N-dealkylation sites (N-methyl/N-ethyl adjacent to an activating group) is 1. The van der Waals surface area contributed by atoms with Gasteiger partial charge >= 0.3 is 0 Å². The largest absolute Gasteiger partial charge is 0.383 e. The molecule has 0 aliphatic carbocycles. The number of hydrogen-bond donors (Lipinski definition) is 0. The number of amides is 1. The third-order valence-electron chi connectivity index (χ3n) is 6.13. The second-order valence-corrected chi connectivity index (χ2v) is 8.29. The Morgan fingerprint density at radius 2 is 2.13 bits per heavy atom. The van der Waals surface area contributed by atoms with E-state index in [2.05, 4.69) is 21.9 Å². The number of rotatable bonds is 7. The summed E-state index contributed by atoms with van der Waals surface area (Å²) in [4.78, 5) is 34.2. The third-order valence-corrected chi connectivity index (χ3v) is 6.13. The van der Waals surface area contributed by atoms with Crippen molar-refractivity contribution in [1.29, 1.82) is 0 Å². The highest BCUT2D eigenvalue weighted by Crippen LogP contribution is 2.36. The molecule has 0 spiro atoms. The van der Waals surface area contributed by atoms with Crippen molar-refractivity contribution in [3.63, 3.8) is 0 Å².